The van der Waals surface area contributed by atoms with Gasteiger partial charge in [-0.3, -0.25) is 14.4 Å². The zero-order valence-corrected chi connectivity index (χ0v) is 18.4. The lowest BCUT2D eigenvalue weighted by atomic mass is 10.1. The second-order valence-corrected chi connectivity index (χ2v) is 7.94. The van der Waals surface area contributed by atoms with Gasteiger partial charge in [0.05, 0.1) is 12.6 Å². The van der Waals surface area contributed by atoms with Crippen LogP contribution in [-0.2, 0) is 25.6 Å². The van der Waals surface area contributed by atoms with Crippen LogP contribution in [0, 0.1) is 0 Å². The van der Waals surface area contributed by atoms with Crippen molar-refractivity contribution in [3.05, 3.63) is 35.9 Å². The number of nitrogens with two attached hydrogens (primary N) is 1. The van der Waals surface area contributed by atoms with E-state index >= 15 is 0 Å². The smallest absolute Gasteiger partial charge is 0.328 e. The molecule has 0 fully saturated rings. The Morgan fingerprint density at radius 3 is 2.16 bits per heavy atom. The summed E-state index contributed by atoms with van der Waals surface area (Å²) in [7, 11) is 0. The Morgan fingerprint density at radius 1 is 1.00 bits per heavy atom. The molecule has 11 heteroatoms. The molecule has 0 aromatic heterocycles. The number of rotatable bonds is 13. The van der Waals surface area contributed by atoms with Gasteiger partial charge in [-0.15, -0.1) is 0 Å². The average molecular weight is 455 g/mol. The summed E-state index contributed by atoms with van der Waals surface area (Å²) in [6.45, 7) is 0.589. The molecule has 0 aliphatic rings. The van der Waals surface area contributed by atoms with E-state index in [9.17, 15) is 19.2 Å². The van der Waals surface area contributed by atoms with E-state index in [1.165, 1.54) is 18.7 Å². The van der Waals surface area contributed by atoms with Crippen LogP contribution in [0.3, 0.4) is 0 Å². The lowest BCUT2D eigenvalue weighted by molar-refractivity contribution is -0.143. The van der Waals surface area contributed by atoms with Crippen molar-refractivity contribution in [2.45, 2.75) is 43.9 Å². The van der Waals surface area contributed by atoms with E-state index in [2.05, 4.69) is 16.0 Å². The molecule has 4 unspecified atom stereocenters. The zero-order valence-electron chi connectivity index (χ0n) is 17.5. The largest absolute Gasteiger partial charge is 0.480 e. The average Bonchev–Trinajstić information content (AvgIpc) is 2.74. The predicted molar refractivity (Wildman–Crippen MR) is 117 cm³/mol. The number of carbonyl (C=O) groups is 4. The zero-order chi connectivity index (χ0) is 23.4. The molecule has 1 aromatic carbocycles. The number of aliphatic hydroxyl groups is 1. The first-order valence-electron chi connectivity index (χ1n) is 9.72. The van der Waals surface area contributed by atoms with Gasteiger partial charge in [-0.2, -0.15) is 11.8 Å². The molecule has 0 saturated heterocycles. The van der Waals surface area contributed by atoms with Crippen molar-refractivity contribution in [2.24, 2.45) is 5.73 Å². The Kier molecular flexibility index (Phi) is 11.6. The highest BCUT2D eigenvalue weighted by atomic mass is 32.2. The van der Waals surface area contributed by atoms with Gasteiger partial charge in [0.15, 0.2) is 0 Å². The maximum atomic E-state index is 12.6. The number of nitrogens with one attached hydrogen (secondary N) is 3. The third-order valence-electron chi connectivity index (χ3n) is 4.43. The summed E-state index contributed by atoms with van der Waals surface area (Å²) in [6.07, 6.45) is 2.48. The molecule has 4 atom stereocenters. The monoisotopic (exact) mass is 454 g/mol. The third kappa shape index (κ3) is 9.37. The van der Waals surface area contributed by atoms with Gasteiger partial charge < -0.3 is 31.9 Å². The number of carbonyl (C=O) groups excluding carboxylic acids is 3. The maximum absolute atomic E-state index is 12.6. The van der Waals surface area contributed by atoms with Crippen molar-refractivity contribution in [3.8, 4) is 0 Å². The van der Waals surface area contributed by atoms with Gasteiger partial charge in [-0.05, 0) is 37.3 Å². The highest BCUT2D eigenvalue weighted by Crippen LogP contribution is 2.05. The highest BCUT2D eigenvalue weighted by molar-refractivity contribution is 7.98. The van der Waals surface area contributed by atoms with Crippen LogP contribution < -0.4 is 21.7 Å². The number of aliphatic carboxylic acids is 1. The van der Waals surface area contributed by atoms with Crippen molar-refractivity contribution in [2.75, 3.05) is 18.6 Å². The minimum Gasteiger partial charge on any atom is -0.480 e. The van der Waals surface area contributed by atoms with Gasteiger partial charge in [0.25, 0.3) is 0 Å². The van der Waals surface area contributed by atoms with Crippen molar-refractivity contribution >= 4 is 35.5 Å². The first kappa shape index (κ1) is 26.4. The topological polar surface area (TPSA) is 171 Å². The van der Waals surface area contributed by atoms with Gasteiger partial charge >= 0.3 is 5.97 Å². The molecule has 7 N–H and O–H groups in total. The first-order chi connectivity index (χ1) is 14.7. The number of hydrogen-bond donors (Lipinski definition) is 6. The number of carboxylic acids is 1. The second kappa shape index (κ2) is 13.6. The lowest BCUT2D eigenvalue weighted by Crippen LogP contribution is -2.57. The molecule has 0 spiro atoms. The van der Waals surface area contributed by atoms with E-state index in [0.717, 1.165) is 5.56 Å². The van der Waals surface area contributed by atoms with Crippen molar-refractivity contribution < 1.29 is 29.4 Å². The van der Waals surface area contributed by atoms with E-state index < -0.39 is 54.5 Å². The summed E-state index contributed by atoms with van der Waals surface area (Å²) >= 11 is 1.49. The van der Waals surface area contributed by atoms with E-state index in [4.69, 9.17) is 15.9 Å². The van der Waals surface area contributed by atoms with Crippen LogP contribution >= 0.6 is 11.8 Å². The Labute approximate surface area is 185 Å². The molecule has 1 aromatic rings. The minimum absolute atomic E-state index is 0.306. The summed E-state index contributed by atoms with van der Waals surface area (Å²) in [6, 6.07) is 4.92. The summed E-state index contributed by atoms with van der Waals surface area (Å²) in [5.41, 5.74) is 6.87. The first-order valence-corrected chi connectivity index (χ1v) is 11.1. The van der Waals surface area contributed by atoms with Crippen LogP contribution in [0.15, 0.2) is 30.3 Å². The van der Waals surface area contributed by atoms with Crippen LogP contribution in [0.2, 0.25) is 0 Å². The molecule has 31 heavy (non-hydrogen) atoms. The maximum Gasteiger partial charge on any atom is 0.328 e. The minimum atomic E-state index is -1.48. The molecule has 172 valence electrons. The number of hydrogen-bond acceptors (Lipinski definition) is 7. The van der Waals surface area contributed by atoms with Crippen LogP contribution in [0.5, 0.6) is 0 Å². The van der Waals surface area contributed by atoms with Crippen LogP contribution in [0.25, 0.3) is 0 Å². The number of amides is 3. The predicted octanol–water partition coefficient (Wildman–Crippen LogP) is -1.14. The van der Waals surface area contributed by atoms with Crippen LogP contribution in [0.1, 0.15) is 18.9 Å². The second-order valence-electron chi connectivity index (χ2n) is 6.95. The molecule has 0 aliphatic carbocycles. The normalized spacial score (nSPS) is 14.6. The number of thioether (sulfide) groups is 1. The fraction of sp³-hybridized carbons (Fsp3) is 0.500. The van der Waals surface area contributed by atoms with Gasteiger partial charge in [0.2, 0.25) is 17.7 Å². The molecule has 0 aliphatic heterocycles. The molecule has 0 heterocycles. The molecule has 0 saturated carbocycles. The van der Waals surface area contributed by atoms with Crippen molar-refractivity contribution in [1.82, 2.24) is 16.0 Å². The molecular formula is C20H30N4O6S. The number of aliphatic hydroxyl groups excluding tert-OH is 1. The van der Waals surface area contributed by atoms with E-state index in [1.54, 1.807) is 0 Å². The van der Waals surface area contributed by atoms with E-state index in [0.29, 0.717) is 18.6 Å². The fourth-order valence-corrected chi connectivity index (χ4v) is 3.08. The molecule has 1 rings (SSSR count). The summed E-state index contributed by atoms with van der Waals surface area (Å²) in [5, 5.41) is 25.1. The fourth-order valence-electron chi connectivity index (χ4n) is 2.61. The summed E-state index contributed by atoms with van der Waals surface area (Å²) in [4.78, 5) is 48.2. The quantitative estimate of drug-likeness (QED) is 0.217. The highest BCUT2D eigenvalue weighted by Gasteiger charge is 2.28. The molecule has 10 nitrogen and oxygen atoms in total. The Balaban J connectivity index is 2.71. The SMILES string of the molecule is CSCCC(NC(=O)C(N)Cc1ccccc1)C(=O)NC(C)C(=O)NC(CO)C(=O)O. The van der Waals surface area contributed by atoms with Gasteiger partial charge in [0.1, 0.15) is 18.1 Å². The van der Waals surface area contributed by atoms with Crippen LogP contribution in [-0.4, -0.2) is 76.7 Å². The van der Waals surface area contributed by atoms with Gasteiger partial charge in [-0.1, -0.05) is 30.3 Å². The number of carboxylic acid groups (broad SMARTS) is 1. The van der Waals surface area contributed by atoms with E-state index in [-0.39, 0.29) is 0 Å². The number of benzene rings is 1. The van der Waals surface area contributed by atoms with Gasteiger partial charge in [0, 0.05) is 0 Å². The standard InChI is InChI=1S/C20H30N4O6S/c1-12(17(26)24-16(11-25)20(29)30)22-19(28)15(8-9-31-2)23-18(27)14(21)10-13-6-4-3-5-7-13/h3-7,12,14-16,25H,8-11,21H2,1-2H3,(H,22,28)(H,23,27)(H,24,26)(H,29,30). The third-order valence-corrected chi connectivity index (χ3v) is 5.07. The lowest BCUT2D eigenvalue weighted by Gasteiger charge is -2.23. The summed E-state index contributed by atoms with van der Waals surface area (Å²) in [5.74, 6) is -2.67. The Bertz CT molecular complexity index is 748. The van der Waals surface area contributed by atoms with E-state index in [1.807, 2.05) is 36.6 Å². The van der Waals surface area contributed by atoms with Crippen molar-refractivity contribution in [1.29, 1.82) is 0 Å². The molecule has 3 amide bonds. The van der Waals surface area contributed by atoms with Gasteiger partial charge in [-0.25, -0.2) is 4.79 Å². The summed E-state index contributed by atoms with van der Waals surface area (Å²) < 4.78 is 0. The Hall–Kier alpha value is -2.63. The molecule has 0 radical (unpaired) electrons. The van der Waals surface area contributed by atoms with Crippen LogP contribution in [0.4, 0.5) is 0 Å². The Morgan fingerprint density at radius 2 is 1.61 bits per heavy atom. The van der Waals surface area contributed by atoms with Crippen molar-refractivity contribution in [3.63, 3.8) is 0 Å². The molecule has 0 bridgehead atoms. The molecular weight excluding hydrogens is 424 g/mol.